The first-order chi connectivity index (χ1) is 21.6. The van der Waals surface area contributed by atoms with Gasteiger partial charge in [-0.15, -0.1) is 0 Å². The van der Waals surface area contributed by atoms with Gasteiger partial charge in [0.25, 0.3) is 5.91 Å². The second kappa shape index (κ2) is 14.3. The summed E-state index contributed by atoms with van der Waals surface area (Å²) in [6, 6.07) is 34.1. The van der Waals surface area contributed by atoms with Gasteiger partial charge >= 0.3 is 0 Å². The molecule has 4 aromatic rings. The van der Waals surface area contributed by atoms with Gasteiger partial charge in [0.1, 0.15) is 0 Å². The summed E-state index contributed by atoms with van der Waals surface area (Å²) >= 11 is 0. The Kier molecular flexibility index (Phi) is 9.83. The predicted molar refractivity (Wildman–Crippen MR) is 173 cm³/mol. The van der Waals surface area contributed by atoms with E-state index in [1.807, 2.05) is 54.6 Å². The zero-order valence-corrected chi connectivity index (χ0v) is 25.4. The van der Waals surface area contributed by atoms with Crippen molar-refractivity contribution in [1.82, 2.24) is 10.2 Å². The van der Waals surface area contributed by atoms with E-state index in [0.717, 1.165) is 53.0 Å². The summed E-state index contributed by atoms with van der Waals surface area (Å²) in [5, 5.41) is 12.6. The maximum Gasteiger partial charge on any atom is 0.251 e. The average Bonchev–Trinajstić information content (AvgIpc) is 3.09. The summed E-state index contributed by atoms with van der Waals surface area (Å²) in [5.74, 6) is 0.0981. The Morgan fingerprint density at radius 3 is 2.25 bits per heavy atom. The second-order valence-electron chi connectivity index (χ2n) is 12.1. The normalized spacial score (nSPS) is 22.4. The molecule has 4 aromatic carbocycles. The van der Waals surface area contributed by atoms with Crippen molar-refractivity contribution in [3.8, 4) is 11.1 Å². The second-order valence-corrected chi connectivity index (χ2v) is 12.1. The molecule has 4 atom stereocenters. The molecule has 2 saturated heterocycles. The minimum absolute atomic E-state index is 0.0300. The van der Waals surface area contributed by atoms with Crippen LogP contribution in [0.2, 0.25) is 0 Å². The molecule has 2 aliphatic rings. The first kappa shape index (κ1) is 30.2. The van der Waals surface area contributed by atoms with Gasteiger partial charge in [-0.05, 0) is 71.9 Å². The molecule has 44 heavy (non-hydrogen) atoms. The first-order valence-electron chi connectivity index (χ1n) is 15.8. The van der Waals surface area contributed by atoms with Gasteiger partial charge < -0.3 is 24.8 Å². The van der Waals surface area contributed by atoms with Gasteiger partial charge in [-0.2, -0.15) is 0 Å². The van der Waals surface area contributed by atoms with Crippen molar-refractivity contribution < 1.29 is 19.4 Å². The van der Waals surface area contributed by atoms with E-state index in [9.17, 15) is 9.90 Å². The molecule has 0 radical (unpaired) electrons. The number of benzene rings is 4. The third kappa shape index (κ3) is 7.28. The van der Waals surface area contributed by atoms with Gasteiger partial charge in [0, 0.05) is 30.1 Å². The molecule has 0 saturated carbocycles. The minimum atomic E-state index is -0.475. The van der Waals surface area contributed by atoms with Crippen LogP contribution in [0.5, 0.6) is 0 Å². The molecular formula is C38H42N2O4. The lowest BCUT2D eigenvalue weighted by molar-refractivity contribution is -0.276. The molecule has 228 valence electrons. The van der Waals surface area contributed by atoms with Gasteiger partial charge in [-0.25, -0.2) is 0 Å². The summed E-state index contributed by atoms with van der Waals surface area (Å²) in [7, 11) is 0. The van der Waals surface area contributed by atoms with Crippen molar-refractivity contribution in [3.63, 3.8) is 0 Å². The molecule has 0 aliphatic carbocycles. The third-order valence-corrected chi connectivity index (χ3v) is 8.94. The highest BCUT2D eigenvalue weighted by Crippen LogP contribution is 2.42. The molecule has 6 nitrogen and oxygen atoms in total. The predicted octanol–water partition coefficient (Wildman–Crippen LogP) is 7.05. The monoisotopic (exact) mass is 590 g/mol. The van der Waals surface area contributed by atoms with Gasteiger partial charge in [0.15, 0.2) is 6.29 Å². The van der Waals surface area contributed by atoms with Gasteiger partial charge in [0.2, 0.25) is 0 Å². The van der Waals surface area contributed by atoms with E-state index in [0.29, 0.717) is 12.1 Å². The maximum atomic E-state index is 12.5. The number of ether oxygens (including phenoxy) is 2. The Labute approximate surface area is 260 Å². The van der Waals surface area contributed by atoms with Crippen LogP contribution in [0.15, 0.2) is 103 Å². The van der Waals surface area contributed by atoms with Crippen LogP contribution >= 0.6 is 0 Å². The molecule has 6 heteroatoms. The Morgan fingerprint density at radius 1 is 0.795 bits per heavy atom. The summed E-state index contributed by atoms with van der Waals surface area (Å²) in [5.41, 5.74) is 6.88. The van der Waals surface area contributed by atoms with Crippen LogP contribution in [0, 0.1) is 5.92 Å². The Morgan fingerprint density at radius 2 is 1.52 bits per heavy atom. The van der Waals surface area contributed by atoms with Crippen LogP contribution in [0.1, 0.15) is 71.2 Å². The van der Waals surface area contributed by atoms with Crippen LogP contribution in [-0.4, -0.2) is 41.7 Å². The Hall–Kier alpha value is -3.81. The Balaban J connectivity index is 1.17. The van der Waals surface area contributed by atoms with Crippen molar-refractivity contribution in [3.05, 3.63) is 131 Å². The lowest BCUT2D eigenvalue weighted by atomic mass is 9.89. The number of piperidine rings is 1. The van der Waals surface area contributed by atoms with Crippen LogP contribution < -0.4 is 5.32 Å². The van der Waals surface area contributed by atoms with E-state index in [1.54, 1.807) is 0 Å². The fraction of sp³-hybridized carbons (Fsp3) is 0.342. The molecule has 0 spiro atoms. The van der Waals surface area contributed by atoms with Crippen molar-refractivity contribution in [2.24, 2.45) is 5.92 Å². The van der Waals surface area contributed by atoms with Crippen LogP contribution in [-0.2, 0) is 22.6 Å². The minimum Gasteiger partial charge on any atom is -0.392 e. The fourth-order valence-corrected chi connectivity index (χ4v) is 6.29. The summed E-state index contributed by atoms with van der Waals surface area (Å²) < 4.78 is 13.4. The summed E-state index contributed by atoms with van der Waals surface area (Å²) in [4.78, 5) is 15.0. The molecule has 0 bridgehead atoms. The number of hydrogen-bond acceptors (Lipinski definition) is 5. The molecule has 2 heterocycles. The number of rotatable bonds is 9. The van der Waals surface area contributed by atoms with E-state index in [2.05, 4.69) is 65.7 Å². The van der Waals surface area contributed by atoms with Crippen LogP contribution in [0.3, 0.4) is 0 Å². The summed E-state index contributed by atoms with van der Waals surface area (Å²) in [6.07, 6.45) is 3.25. The average molecular weight is 591 g/mol. The molecule has 2 N–H and O–H groups in total. The number of nitrogens with one attached hydrogen (secondary N) is 1. The van der Waals surface area contributed by atoms with E-state index in [4.69, 9.17) is 9.47 Å². The fourth-order valence-electron chi connectivity index (χ4n) is 6.29. The zero-order valence-electron chi connectivity index (χ0n) is 25.4. The number of hydrogen-bond donors (Lipinski definition) is 2. The topological polar surface area (TPSA) is 71.0 Å². The molecule has 6 rings (SSSR count). The summed E-state index contributed by atoms with van der Waals surface area (Å²) in [6.45, 7) is 5.87. The molecule has 2 aliphatic heterocycles. The first-order valence-corrected chi connectivity index (χ1v) is 15.8. The number of amides is 1. The highest BCUT2D eigenvalue weighted by Gasteiger charge is 2.39. The number of likely N-dealkylation sites (tertiary alicyclic amines) is 1. The van der Waals surface area contributed by atoms with Crippen LogP contribution in [0.4, 0.5) is 0 Å². The molecule has 0 aromatic heterocycles. The van der Waals surface area contributed by atoms with Crippen molar-refractivity contribution in [2.75, 3.05) is 19.6 Å². The van der Waals surface area contributed by atoms with Crippen molar-refractivity contribution in [1.29, 1.82) is 0 Å². The van der Waals surface area contributed by atoms with E-state index in [-0.39, 0.29) is 30.6 Å². The number of aliphatic hydroxyl groups is 1. The number of aliphatic hydroxyl groups excluding tert-OH is 1. The maximum absolute atomic E-state index is 12.5. The third-order valence-electron chi connectivity index (χ3n) is 8.94. The zero-order chi connectivity index (χ0) is 30.3. The lowest BCUT2D eigenvalue weighted by Gasteiger charge is -2.43. The van der Waals surface area contributed by atoms with E-state index >= 15 is 0 Å². The molecular weight excluding hydrogens is 548 g/mol. The molecule has 2 fully saturated rings. The lowest BCUT2D eigenvalue weighted by Crippen LogP contribution is -2.45. The SMILES string of the molecule is CC1C(CN2CCCCC2)OC(c2ccc(-c3cccc(CNC(=O)c4ccccc4)c3)cc2)OC1c1ccc(CO)cc1. The standard InChI is InChI=1S/C38H42N2O4/c1-27-35(25-40-21-6-3-7-22-40)43-38(44-36(27)31-15-13-28(26-41)14-16-31)33-19-17-30(18-20-33)34-12-8-9-29(23-34)24-39-37(42)32-10-4-2-5-11-32/h2,4-5,8-20,23,27,35-36,38,41H,3,6-7,21-22,24-26H2,1H3,(H,39,42). The van der Waals surface area contributed by atoms with Gasteiger partial charge in [-0.3, -0.25) is 4.79 Å². The quantitative estimate of drug-likeness (QED) is 0.219. The van der Waals surface area contributed by atoms with Crippen molar-refractivity contribution in [2.45, 2.75) is 57.8 Å². The van der Waals surface area contributed by atoms with E-state index < -0.39 is 6.29 Å². The molecule has 1 amide bonds. The number of nitrogens with zero attached hydrogens (tertiary/aromatic N) is 1. The highest BCUT2D eigenvalue weighted by molar-refractivity contribution is 5.94. The van der Waals surface area contributed by atoms with Gasteiger partial charge in [-0.1, -0.05) is 98.3 Å². The van der Waals surface area contributed by atoms with Crippen molar-refractivity contribution >= 4 is 5.91 Å². The smallest absolute Gasteiger partial charge is 0.251 e. The van der Waals surface area contributed by atoms with Gasteiger partial charge in [0.05, 0.1) is 18.8 Å². The number of carbonyl (C=O) groups is 1. The van der Waals surface area contributed by atoms with Crippen LogP contribution in [0.25, 0.3) is 11.1 Å². The Bertz CT molecular complexity index is 1500. The highest BCUT2D eigenvalue weighted by atomic mass is 16.7. The number of carbonyl (C=O) groups excluding carboxylic acids is 1. The largest absolute Gasteiger partial charge is 0.392 e. The molecule has 4 unspecified atom stereocenters. The van der Waals surface area contributed by atoms with E-state index in [1.165, 1.54) is 19.3 Å².